The van der Waals surface area contributed by atoms with E-state index in [1.165, 1.54) is 30.9 Å². The van der Waals surface area contributed by atoms with E-state index in [0.717, 1.165) is 18.4 Å². The van der Waals surface area contributed by atoms with Crippen LogP contribution in [0.4, 0.5) is 5.82 Å². The van der Waals surface area contributed by atoms with E-state index < -0.39 is 24.5 Å². The van der Waals surface area contributed by atoms with Crippen molar-refractivity contribution in [2.45, 2.75) is 61.4 Å². The lowest BCUT2D eigenvalue weighted by Gasteiger charge is -2.17. The van der Waals surface area contributed by atoms with E-state index in [9.17, 15) is 10.2 Å². The van der Waals surface area contributed by atoms with Crippen molar-refractivity contribution in [3.8, 4) is 11.3 Å². The van der Waals surface area contributed by atoms with Gasteiger partial charge in [-0.15, -0.1) is 0 Å². The van der Waals surface area contributed by atoms with Crippen LogP contribution in [0.3, 0.4) is 0 Å². The first-order chi connectivity index (χ1) is 17.6. The molecule has 0 unspecified atom stereocenters. The van der Waals surface area contributed by atoms with Gasteiger partial charge in [-0.2, -0.15) is 0 Å². The van der Waals surface area contributed by atoms with E-state index in [0.29, 0.717) is 44.6 Å². The molecule has 1 aliphatic heterocycles. The minimum atomic E-state index is -1.14. The maximum atomic E-state index is 10.8. The standard InChI is InChI=1S/C24H25ClN6O4S/c25-14-7-5-13(6-8-14)16-9-18(35-30-16)36-10-17-20(32)21(33)24(34-17)31-12-28-19-22(26-11-27-23(19)31)29-15-3-1-2-4-15/h5-9,11-12,15,17,20-21,24,32-33H,1-4,10H2,(H,26,27,29)/t17-,20+,21+,24+/m0/s1. The normalized spacial score (nSPS) is 24.6. The van der Waals surface area contributed by atoms with Crippen LogP contribution >= 0.6 is 23.4 Å². The Bertz CT molecular complexity index is 1340. The number of nitrogens with one attached hydrogen (secondary N) is 1. The SMILES string of the molecule is O[C@@H]1[C@H](O)[C@H](CSc2cc(-c3ccc(Cl)cc3)no2)O[C@H]1n1cnc2c(NC3CCCC3)ncnc21. The third-order valence-corrected chi connectivity index (χ3v) is 7.91. The minimum Gasteiger partial charge on any atom is -0.387 e. The molecule has 188 valence electrons. The van der Waals surface area contributed by atoms with E-state index in [1.54, 1.807) is 23.0 Å². The monoisotopic (exact) mass is 528 g/mol. The Morgan fingerprint density at radius 3 is 2.69 bits per heavy atom. The third kappa shape index (κ3) is 4.57. The molecular weight excluding hydrogens is 504 g/mol. The van der Waals surface area contributed by atoms with Crippen molar-refractivity contribution in [1.29, 1.82) is 0 Å². The van der Waals surface area contributed by atoms with Crippen molar-refractivity contribution in [1.82, 2.24) is 24.7 Å². The average Bonchev–Trinajstić information content (AvgIpc) is 3.68. The van der Waals surface area contributed by atoms with E-state index in [1.807, 2.05) is 18.2 Å². The first kappa shape index (κ1) is 23.7. The van der Waals surface area contributed by atoms with E-state index in [2.05, 4.69) is 25.4 Å². The predicted molar refractivity (Wildman–Crippen MR) is 135 cm³/mol. The first-order valence-corrected chi connectivity index (χ1v) is 13.2. The van der Waals surface area contributed by atoms with Gasteiger partial charge in [0.15, 0.2) is 28.3 Å². The molecule has 4 aromatic rings. The van der Waals surface area contributed by atoms with Crippen LogP contribution in [0, 0.1) is 0 Å². The highest BCUT2D eigenvalue weighted by Crippen LogP contribution is 2.36. The highest BCUT2D eigenvalue weighted by atomic mass is 35.5. The van der Waals surface area contributed by atoms with Gasteiger partial charge in [0.05, 0.1) is 12.4 Å². The topological polar surface area (TPSA) is 131 Å². The molecule has 3 N–H and O–H groups in total. The molecule has 36 heavy (non-hydrogen) atoms. The zero-order valence-corrected chi connectivity index (χ0v) is 20.8. The average molecular weight is 529 g/mol. The molecule has 6 rings (SSSR count). The van der Waals surface area contributed by atoms with Crippen LogP contribution in [-0.2, 0) is 4.74 Å². The lowest BCUT2D eigenvalue weighted by atomic mass is 10.1. The number of anilines is 1. The fourth-order valence-corrected chi connectivity index (χ4v) is 5.77. The molecular formula is C24H25ClN6O4S. The number of ether oxygens (including phenoxy) is 1. The van der Waals surface area contributed by atoms with Crippen LogP contribution < -0.4 is 5.32 Å². The number of halogens is 1. The summed E-state index contributed by atoms with van der Waals surface area (Å²) < 4.78 is 13.2. The number of aliphatic hydroxyl groups excluding tert-OH is 2. The second-order valence-electron chi connectivity index (χ2n) is 9.07. The number of fused-ring (bicyclic) bond motifs is 1. The number of benzene rings is 1. The summed E-state index contributed by atoms with van der Waals surface area (Å²) in [5.74, 6) is 1.03. The van der Waals surface area contributed by atoms with Crippen LogP contribution in [0.15, 0.2) is 52.6 Å². The van der Waals surface area contributed by atoms with Crippen LogP contribution in [-0.4, -0.2) is 65.0 Å². The van der Waals surface area contributed by atoms with Gasteiger partial charge < -0.3 is 24.8 Å². The number of imidazole rings is 1. The molecule has 3 aromatic heterocycles. The zero-order chi connectivity index (χ0) is 24.6. The van der Waals surface area contributed by atoms with Gasteiger partial charge in [-0.1, -0.05) is 53.5 Å². The molecule has 1 saturated heterocycles. The molecule has 2 aliphatic rings. The number of thioether (sulfide) groups is 1. The molecule has 1 saturated carbocycles. The van der Waals surface area contributed by atoms with Gasteiger partial charge in [0, 0.05) is 28.4 Å². The van der Waals surface area contributed by atoms with Crippen LogP contribution in [0.25, 0.3) is 22.4 Å². The van der Waals surface area contributed by atoms with Gasteiger partial charge in [-0.05, 0) is 25.0 Å². The molecule has 0 bridgehead atoms. The molecule has 1 aromatic carbocycles. The number of nitrogens with zero attached hydrogens (tertiary/aromatic N) is 5. The summed E-state index contributed by atoms with van der Waals surface area (Å²) in [6, 6.07) is 9.52. The van der Waals surface area contributed by atoms with Crippen molar-refractivity contribution < 1.29 is 19.5 Å². The summed E-state index contributed by atoms with van der Waals surface area (Å²) in [7, 11) is 0. The van der Waals surface area contributed by atoms with Gasteiger partial charge in [-0.3, -0.25) is 4.57 Å². The lowest BCUT2D eigenvalue weighted by Crippen LogP contribution is -2.32. The smallest absolute Gasteiger partial charge is 0.193 e. The molecule has 10 nitrogen and oxygen atoms in total. The predicted octanol–water partition coefficient (Wildman–Crippen LogP) is 3.90. The number of rotatable bonds is 7. The second-order valence-corrected chi connectivity index (χ2v) is 10.5. The Labute approximate surface area is 216 Å². The van der Waals surface area contributed by atoms with Gasteiger partial charge in [0.25, 0.3) is 0 Å². The molecule has 2 fully saturated rings. The molecule has 4 heterocycles. The number of aromatic nitrogens is 5. The van der Waals surface area contributed by atoms with Gasteiger partial charge in [0.1, 0.15) is 24.2 Å². The van der Waals surface area contributed by atoms with E-state index in [-0.39, 0.29) is 0 Å². The number of aliphatic hydroxyl groups is 2. The van der Waals surface area contributed by atoms with Crippen molar-refractivity contribution in [3.63, 3.8) is 0 Å². The summed E-state index contributed by atoms with van der Waals surface area (Å²) in [6.07, 6.45) is 3.98. The number of hydrogen-bond acceptors (Lipinski definition) is 10. The molecule has 4 atom stereocenters. The van der Waals surface area contributed by atoms with Gasteiger partial charge in [-0.25, -0.2) is 15.0 Å². The molecule has 0 radical (unpaired) electrons. The zero-order valence-electron chi connectivity index (χ0n) is 19.2. The summed E-state index contributed by atoms with van der Waals surface area (Å²) in [6.45, 7) is 0. The highest BCUT2D eigenvalue weighted by Gasteiger charge is 2.44. The Balaban J connectivity index is 1.15. The van der Waals surface area contributed by atoms with Crippen molar-refractivity contribution in [3.05, 3.63) is 48.0 Å². The molecule has 0 amide bonds. The highest BCUT2D eigenvalue weighted by molar-refractivity contribution is 7.99. The number of hydrogen-bond donors (Lipinski definition) is 3. The Morgan fingerprint density at radius 1 is 1.08 bits per heavy atom. The Morgan fingerprint density at radius 2 is 1.89 bits per heavy atom. The van der Waals surface area contributed by atoms with E-state index in [4.69, 9.17) is 20.9 Å². The lowest BCUT2D eigenvalue weighted by molar-refractivity contribution is -0.0289. The fourth-order valence-electron chi connectivity index (χ4n) is 4.75. The maximum absolute atomic E-state index is 10.8. The van der Waals surface area contributed by atoms with Crippen LogP contribution in [0.2, 0.25) is 5.02 Å². The third-order valence-electron chi connectivity index (χ3n) is 6.68. The first-order valence-electron chi connectivity index (χ1n) is 11.9. The summed E-state index contributed by atoms with van der Waals surface area (Å²) in [5.41, 5.74) is 2.73. The van der Waals surface area contributed by atoms with Crippen molar-refractivity contribution >= 4 is 40.3 Å². The fraction of sp³-hybridized carbons (Fsp3) is 0.417. The Hall–Kier alpha value is -2.70. The van der Waals surface area contributed by atoms with E-state index >= 15 is 0 Å². The molecule has 0 spiro atoms. The van der Waals surface area contributed by atoms with Crippen LogP contribution in [0.1, 0.15) is 31.9 Å². The van der Waals surface area contributed by atoms with Crippen molar-refractivity contribution in [2.24, 2.45) is 0 Å². The van der Waals surface area contributed by atoms with Gasteiger partial charge >= 0.3 is 0 Å². The molecule has 12 heteroatoms. The van der Waals surface area contributed by atoms with Crippen LogP contribution in [0.5, 0.6) is 0 Å². The molecule has 1 aliphatic carbocycles. The summed E-state index contributed by atoms with van der Waals surface area (Å²) >= 11 is 7.31. The van der Waals surface area contributed by atoms with Gasteiger partial charge in [0.2, 0.25) is 0 Å². The summed E-state index contributed by atoms with van der Waals surface area (Å²) in [5, 5.41) is 30.3. The second kappa shape index (κ2) is 9.98. The minimum absolute atomic E-state index is 0.361. The van der Waals surface area contributed by atoms with Crippen molar-refractivity contribution in [2.75, 3.05) is 11.1 Å². The largest absolute Gasteiger partial charge is 0.387 e. The summed E-state index contributed by atoms with van der Waals surface area (Å²) in [4.78, 5) is 13.2. The Kier molecular flexibility index (Phi) is 6.57. The maximum Gasteiger partial charge on any atom is 0.193 e. The quantitative estimate of drug-likeness (QED) is 0.303.